The van der Waals surface area contributed by atoms with E-state index in [0.717, 1.165) is 17.4 Å². The van der Waals surface area contributed by atoms with Gasteiger partial charge in [-0.25, -0.2) is 4.98 Å². The van der Waals surface area contributed by atoms with Crippen molar-refractivity contribution in [3.63, 3.8) is 0 Å². The fraction of sp³-hybridized carbons (Fsp3) is 0.692. The standard InChI is InChI=1S/C13H22N2O2S/c1-3-5-6-7-8-14-13-15-11(10-18-13)9-12(16)17-4-2/h10H,3-9H2,1-2H3,(H,14,15). The first-order valence-corrected chi connectivity index (χ1v) is 7.48. The Kier molecular flexibility index (Phi) is 7.41. The van der Waals surface area contributed by atoms with Crippen molar-refractivity contribution in [2.75, 3.05) is 18.5 Å². The van der Waals surface area contributed by atoms with Gasteiger partial charge >= 0.3 is 5.97 Å². The second-order valence-corrected chi connectivity index (χ2v) is 4.97. The monoisotopic (exact) mass is 270 g/mol. The van der Waals surface area contributed by atoms with Gasteiger partial charge < -0.3 is 10.1 Å². The van der Waals surface area contributed by atoms with Gasteiger partial charge in [0.15, 0.2) is 5.13 Å². The summed E-state index contributed by atoms with van der Waals surface area (Å²) in [6, 6.07) is 0. The van der Waals surface area contributed by atoms with Crippen LogP contribution in [0.4, 0.5) is 5.13 Å². The van der Waals surface area contributed by atoms with Gasteiger partial charge in [0.05, 0.1) is 18.7 Å². The minimum absolute atomic E-state index is 0.211. The van der Waals surface area contributed by atoms with Crippen LogP contribution in [0.5, 0.6) is 0 Å². The number of unbranched alkanes of at least 4 members (excludes halogenated alkanes) is 3. The van der Waals surface area contributed by atoms with E-state index in [0.29, 0.717) is 6.61 Å². The topological polar surface area (TPSA) is 51.2 Å². The fourth-order valence-electron chi connectivity index (χ4n) is 1.58. The third-order valence-corrected chi connectivity index (χ3v) is 3.34. The van der Waals surface area contributed by atoms with Gasteiger partial charge in [-0.05, 0) is 13.3 Å². The molecule has 1 aromatic heterocycles. The van der Waals surface area contributed by atoms with E-state index in [2.05, 4.69) is 17.2 Å². The summed E-state index contributed by atoms with van der Waals surface area (Å²) in [6.45, 7) is 5.38. The average Bonchev–Trinajstić information content (AvgIpc) is 2.77. The Morgan fingerprint density at radius 1 is 1.39 bits per heavy atom. The van der Waals surface area contributed by atoms with Crippen molar-refractivity contribution in [3.05, 3.63) is 11.1 Å². The fourth-order valence-corrected chi connectivity index (χ4v) is 2.32. The lowest BCUT2D eigenvalue weighted by Crippen LogP contribution is -2.08. The Morgan fingerprint density at radius 3 is 2.94 bits per heavy atom. The van der Waals surface area contributed by atoms with Crippen molar-refractivity contribution in [2.45, 2.75) is 46.0 Å². The number of carbonyl (C=O) groups excluding carboxylic acids is 1. The van der Waals surface area contributed by atoms with Gasteiger partial charge in [-0.3, -0.25) is 4.79 Å². The first-order valence-electron chi connectivity index (χ1n) is 6.60. The van der Waals surface area contributed by atoms with Crippen molar-refractivity contribution in [2.24, 2.45) is 0 Å². The molecule has 102 valence electrons. The summed E-state index contributed by atoms with van der Waals surface area (Å²) in [4.78, 5) is 15.6. The zero-order valence-electron chi connectivity index (χ0n) is 11.2. The second kappa shape index (κ2) is 8.91. The zero-order valence-corrected chi connectivity index (χ0v) is 12.0. The van der Waals surface area contributed by atoms with Gasteiger partial charge in [-0.1, -0.05) is 26.2 Å². The molecule has 1 rings (SSSR count). The van der Waals surface area contributed by atoms with Crippen molar-refractivity contribution in [3.8, 4) is 0 Å². The number of hydrogen-bond acceptors (Lipinski definition) is 5. The first-order chi connectivity index (χ1) is 8.76. The van der Waals surface area contributed by atoms with Gasteiger partial charge in [-0.15, -0.1) is 11.3 Å². The SMILES string of the molecule is CCCCCCNc1nc(CC(=O)OCC)cs1. The number of ether oxygens (including phenoxy) is 1. The number of nitrogens with zero attached hydrogens (tertiary/aromatic N) is 1. The summed E-state index contributed by atoms with van der Waals surface area (Å²) >= 11 is 1.54. The van der Waals surface area contributed by atoms with Crippen molar-refractivity contribution < 1.29 is 9.53 Å². The maximum absolute atomic E-state index is 11.3. The predicted octanol–water partition coefficient (Wildman–Crippen LogP) is 3.24. The molecule has 0 saturated carbocycles. The van der Waals surface area contributed by atoms with Gasteiger partial charge in [0.25, 0.3) is 0 Å². The highest BCUT2D eigenvalue weighted by molar-refractivity contribution is 7.13. The highest BCUT2D eigenvalue weighted by Gasteiger charge is 2.07. The van der Waals surface area contributed by atoms with Gasteiger partial charge in [-0.2, -0.15) is 0 Å². The van der Waals surface area contributed by atoms with Crippen LogP contribution in [-0.4, -0.2) is 24.1 Å². The Morgan fingerprint density at radius 2 is 2.22 bits per heavy atom. The summed E-state index contributed by atoms with van der Waals surface area (Å²) in [7, 11) is 0. The first kappa shape index (κ1) is 15.0. The van der Waals surface area contributed by atoms with Crippen molar-refractivity contribution in [1.29, 1.82) is 0 Å². The molecule has 4 nitrogen and oxygen atoms in total. The van der Waals surface area contributed by atoms with Crippen LogP contribution in [-0.2, 0) is 16.0 Å². The molecule has 0 aliphatic rings. The van der Waals surface area contributed by atoms with Crippen molar-refractivity contribution >= 4 is 22.4 Å². The van der Waals surface area contributed by atoms with E-state index in [1.165, 1.54) is 25.7 Å². The summed E-state index contributed by atoms with van der Waals surface area (Å²) in [5.74, 6) is -0.211. The number of carbonyl (C=O) groups is 1. The number of aromatic nitrogens is 1. The summed E-state index contributed by atoms with van der Waals surface area (Å²) < 4.78 is 4.89. The Balaban J connectivity index is 2.23. The lowest BCUT2D eigenvalue weighted by molar-refractivity contribution is -0.142. The molecule has 0 fully saturated rings. The van der Waals surface area contributed by atoms with Crippen LogP contribution in [0.2, 0.25) is 0 Å². The molecule has 0 aliphatic heterocycles. The van der Waals surface area contributed by atoms with Crippen LogP contribution in [0.25, 0.3) is 0 Å². The van der Waals surface area contributed by atoms with E-state index < -0.39 is 0 Å². The van der Waals surface area contributed by atoms with E-state index in [4.69, 9.17) is 4.74 Å². The van der Waals surface area contributed by atoms with Crippen LogP contribution in [0.1, 0.15) is 45.2 Å². The Hall–Kier alpha value is -1.10. The maximum Gasteiger partial charge on any atom is 0.311 e. The van der Waals surface area contributed by atoms with Crippen LogP contribution >= 0.6 is 11.3 Å². The molecule has 0 aliphatic carbocycles. The molecule has 0 bridgehead atoms. The summed E-state index contributed by atoms with van der Waals surface area (Å²) in [6.07, 6.45) is 5.22. The molecule has 0 aromatic carbocycles. The minimum atomic E-state index is -0.211. The van der Waals surface area contributed by atoms with E-state index in [1.54, 1.807) is 11.3 Å². The minimum Gasteiger partial charge on any atom is -0.466 e. The number of anilines is 1. The van der Waals surface area contributed by atoms with Crippen molar-refractivity contribution in [1.82, 2.24) is 4.98 Å². The number of esters is 1. The van der Waals surface area contributed by atoms with Crippen LogP contribution in [0.3, 0.4) is 0 Å². The summed E-state index contributed by atoms with van der Waals surface area (Å²) in [5.41, 5.74) is 0.787. The van der Waals surface area contributed by atoms with Crippen LogP contribution in [0.15, 0.2) is 5.38 Å². The third kappa shape index (κ3) is 6.00. The Bertz CT molecular complexity index is 353. The summed E-state index contributed by atoms with van der Waals surface area (Å²) in [5, 5.41) is 6.09. The zero-order chi connectivity index (χ0) is 13.2. The molecule has 1 heterocycles. The Labute approximate surface area is 113 Å². The van der Waals surface area contributed by atoms with Gasteiger partial charge in [0.2, 0.25) is 0 Å². The molecular formula is C13H22N2O2S. The third-order valence-electron chi connectivity index (χ3n) is 2.49. The smallest absolute Gasteiger partial charge is 0.311 e. The molecule has 1 aromatic rings. The molecule has 0 radical (unpaired) electrons. The van der Waals surface area contributed by atoms with E-state index in [9.17, 15) is 4.79 Å². The highest BCUT2D eigenvalue weighted by Crippen LogP contribution is 2.16. The second-order valence-electron chi connectivity index (χ2n) is 4.11. The molecule has 0 unspecified atom stereocenters. The van der Waals surface area contributed by atoms with E-state index >= 15 is 0 Å². The van der Waals surface area contributed by atoms with E-state index in [1.807, 2.05) is 12.3 Å². The molecule has 0 spiro atoms. The number of nitrogens with one attached hydrogen (secondary N) is 1. The molecule has 5 heteroatoms. The normalized spacial score (nSPS) is 10.3. The molecule has 0 saturated heterocycles. The maximum atomic E-state index is 11.3. The number of rotatable bonds is 9. The largest absolute Gasteiger partial charge is 0.466 e. The van der Waals surface area contributed by atoms with Gasteiger partial charge in [0.1, 0.15) is 0 Å². The van der Waals surface area contributed by atoms with Crippen LogP contribution in [0, 0.1) is 0 Å². The molecule has 1 N–H and O–H groups in total. The molecule has 0 atom stereocenters. The van der Waals surface area contributed by atoms with E-state index in [-0.39, 0.29) is 12.4 Å². The predicted molar refractivity (Wildman–Crippen MR) is 75.1 cm³/mol. The lowest BCUT2D eigenvalue weighted by Gasteiger charge is -2.01. The quantitative estimate of drug-likeness (QED) is 0.553. The lowest BCUT2D eigenvalue weighted by atomic mass is 10.2. The molecule has 0 amide bonds. The highest BCUT2D eigenvalue weighted by atomic mass is 32.1. The molecule has 18 heavy (non-hydrogen) atoms. The number of thiazole rings is 1. The van der Waals surface area contributed by atoms with Crippen LogP contribution < -0.4 is 5.32 Å². The average molecular weight is 270 g/mol. The van der Waals surface area contributed by atoms with Gasteiger partial charge in [0, 0.05) is 11.9 Å². The molecular weight excluding hydrogens is 248 g/mol. The number of hydrogen-bond donors (Lipinski definition) is 1.